The summed E-state index contributed by atoms with van der Waals surface area (Å²) in [6.07, 6.45) is -1.24. The van der Waals surface area contributed by atoms with Crippen LogP contribution < -0.4 is 10.6 Å². The van der Waals surface area contributed by atoms with Gasteiger partial charge in [0.2, 0.25) is 0 Å². The molecular formula is C10H13FNO5P. The molecular weight excluding hydrogens is 264 g/mol. The van der Waals surface area contributed by atoms with Crippen molar-refractivity contribution in [2.24, 2.45) is 0 Å². The predicted molar refractivity (Wildman–Crippen MR) is 62.5 cm³/mol. The fourth-order valence-electron chi connectivity index (χ4n) is 1.38. The van der Waals surface area contributed by atoms with Gasteiger partial charge < -0.3 is 19.5 Å². The van der Waals surface area contributed by atoms with E-state index in [4.69, 9.17) is 14.2 Å². The average Bonchev–Trinajstić information content (AvgIpc) is 2.36. The molecule has 0 aromatic heterocycles. The second kappa shape index (κ2) is 5.95. The predicted octanol–water partition coefficient (Wildman–Crippen LogP) is 1.70. The van der Waals surface area contributed by atoms with Gasteiger partial charge in [-0.2, -0.15) is 0 Å². The summed E-state index contributed by atoms with van der Waals surface area (Å²) in [7, 11) is -1.29. The van der Waals surface area contributed by atoms with Crippen LogP contribution >= 0.6 is 7.60 Å². The maximum atomic E-state index is 13.2. The smallest absolute Gasteiger partial charge is 0.404 e. The number of benzene rings is 1. The molecule has 0 aliphatic carbocycles. The Balaban J connectivity index is 3.18. The summed E-state index contributed by atoms with van der Waals surface area (Å²) < 4.78 is 34.9. The highest BCUT2D eigenvalue weighted by Crippen LogP contribution is 2.46. The van der Waals surface area contributed by atoms with Crippen LogP contribution in [0, 0.1) is 5.82 Å². The Hall–Kier alpha value is -1.43. The minimum atomic E-state index is -3.63. The Labute approximate surface area is 103 Å². The second-order valence-electron chi connectivity index (χ2n) is 3.29. The highest BCUT2D eigenvalue weighted by Gasteiger charge is 2.28. The summed E-state index contributed by atoms with van der Waals surface area (Å²) >= 11 is 0. The van der Waals surface area contributed by atoms with Crippen molar-refractivity contribution in [1.82, 2.24) is 5.32 Å². The Morgan fingerprint density at radius 3 is 2.56 bits per heavy atom. The van der Waals surface area contributed by atoms with Crippen molar-refractivity contribution < 1.29 is 27.9 Å². The lowest BCUT2D eigenvalue weighted by molar-refractivity contribution is 0.194. The Morgan fingerprint density at radius 2 is 2.06 bits per heavy atom. The molecule has 1 amide bonds. The molecule has 0 atom stereocenters. The molecule has 6 nitrogen and oxygen atoms in total. The third-order valence-corrected chi connectivity index (χ3v) is 4.22. The molecule has 18 heavy (non-hydrogen) atoms. The zero-order valence-electron chi connectivity index (χ0n) is 9.84. The van der Waals surface area contributed by atoms with E-state index in [0.29, 0.717) is 5.56 Å². The van der Waals surface area contributed by atoms with Crippen LogP contribution in [0.3, 0.4) is 0 Å². The monoisotopic (exact) mass is 277 g/mol. The molecule has 8 heteroatoms. The molecule has 0 bridgehead atoms. The van der Waals surface area contributed by atoms with Gasteiger partial charge >= 0.3 is 13.7 Å². The largest absolute Gasteiger partial charge is 0.465 e. The van der Waals surface area contributed by atoms with Crippen molar-refractivity contribution >= 4 is 19.0 Å². The molecule has 0 spiro atoms. The molecule has 0 heterocycles. The van der Waals surface area contributed by atoms with E-state index in [0.717, 1.165) is 12.1 Å². The molecule has 100 valence electrons. The quantitative estimate of drug-likeness (QED) is 0.800. The molecule has 0 radical (unpaired) electrons. The summed E-state index contributed by atoms with van der Waals surface area (Å²) in [5, 5.41) is 10.6. The van der Waals surface area contributed by atoms with Crippen molar-refractivity contribution in [1.29, 1.82) is 0 Å². The first-order chi connectivity index (χ1) is 8.42. The molecule has 1 aromatic carbocycles. The van der Waals surface area contributed by atoms with Gasteiger partial charge in [0.15, 0.2) is 0 Å². The van der Waals surface area contributed by atoms with Crippen LogP contribution in [0.5, 0.6) is 0 Å². The van der Waals surface area contributed by atoms with Crippen LogP contribution in [-0.4, -0.2) is 25.4 Å². The van der Waals surface area contributed by atoms with Gasteiger partial charge in [-0.3, -0.25) is 4.57 Å². The highest BCUT2D eigenvalue weighted by molar-refractivity contribution is 7.62. The van der Waals surface area contributed by atoms with E-state index < -0.39 is 19.5 Å². The first-order valence-corrected chi connectivity index (χ1v) is 6.44. The lowest BCUT2D eigenvalue weighted by Crippen LogP contribution is -2.25. The minimum absolute atomic E-state index is 0.00116. The lowest BCUT2D eigenvalue weighted by atomic mass is 10.2. The minimum Gasteiger partial charge on any atom is -0.465 e. The van der Waals surface area contributed by atoms with E-state index in [1.54, 1.807) is 0 Å². The van der Waals surface area contributed by atoms with Crippen LogP contribution in [-0.2, 0) is 20.2 Å². The number of hydrogen-bond acceptors (Lipinski definition) is 4. The first-order valence-electron chi connectivity index (χ1n) is 4.90. The third kappa shape index (κ3) is 3.29. The van der Waals surface area contributed by atoms with Crippen LogP contribution in [0.4, 0.5) is 9.18 Å². The standard InChI is InChI=1S/C10H13FNO5P/c1-16-18(15,17-2)9-5-8(11)4-3-7(9)6-12-10(13)14/h3-5,12H,6H2,1-2H3,(H,13,14). The van der Waals surface area contributed by atoms with Crippen LogP contribution in [0.25, 0.3) is 0 Å². The van der Waals surface area contributed by atoms with Gasteiger partial charge in [-0.15, -0.1) is 0 Å². The zero-order chi connectivity index (χ0) is 13.8. The van der Waals surface area contributed by atoms with E-state index in [-0.39, 0.29) is 11.8 Å². The summed E-state index contributed by atoms with van der Waals surface area (Å²) in [6.45, 7) is -0.123. The number of nitrogens with one attached hydrogen (secondary N) is 1. The maximum absolute atomic E-state index is 13.2. The normalized spacial score (nSPS) is 11.3. The average molecular weight is 277 g/mol. The van der Waals surface area contributed by atoms with E-state index in [9.17, 15) is 13.8 Å². The fourth-order valence-corrected chi connectivity index (χ4v) is 2.71. The number of rotatable bonds is 5. The van der Waals surface area contributed by atoms with E-state index in [1.807, 2.05) is 0 Å². The van der Waals surface area contributed by atoms with Crippen molar-refractivity contribution in [3.8, 4) is 0 Å². The fraction of sp³-hybridized carbons (Fsp3) is 0.300. The first kappa shape index (κ1) is 14.6. The number of carboxylic acid groups (broad SMARTS) is 1. The molecule has 0 aliphatic rings. The molecule has 0 saturated heterocycles. The zero-order valence-corrected chi connectivity index (χ0v) is 10.7. The second-order valence-corrected chi connectivity index (χ2v) is 5.50. The van der Waals surface area contributed by atoms with E-state index >= 15 is 0 Å². The van der Waals surface area contributed by atoms with Gasteiger partial charge in [-0.25, -0.2) is 9.18 Å². The van der Waals surface area contributed by atoms with Gasteiger partial charge in [0.05, 0.1) is 5.30 Å². The number of carbonyl (C=O) groups is 1. The van der Waals surface area contributed by atoms with Crippen LogP contribution in [0.15, 0.2) is 18.2 Å². The molecule has 0 unspecified atom stereocenters. The molecule has 1 aromatic rings. The van der Waals surface area contributed by atoms with Gasteiger partial charge in [-0.1, -0.05) is 6.07 Å². The van der Waals surface area contributed by atoms with Gasteiger partial charge in [0, 0.05) is 20.8 Å². The van der Waals surface area contributed by atoms with E-state index in [1.165, 1.54) is 20.3 Å². The van der Waals surface area contributed by atoms with Crippen LogP contribution in [0.1, 0.15) is 5.56 Å². The van der Waals surface area contributed by atoms with Crippen molar-refractivity contribution in [2.75, 3.05) is 14.2 Å². The summed E-state index contributed by atoms with van der Waals surface area (Å²) in [5.41, 5.74) is 0.325. The highest BCUT2D eigenvalue weighted by atomic mass is 31.2. The SMILES string of the molecule is COP(=O)(OC)c1cc(F)ccc1CNC(=O)O. The lowest BCUT2D eigenvalue weighted by Gasteiger charge is -2.17. The number of hydrogen-bond donors (Lipinski definition) is 2. The molecule has 0 saturated carbocycles. The Kier molecular flexibility index (Phi) is 4.84. The molecule has 1 rings (SSSR count). The van der Waals surface area contributed by atoms with Crippen LogP contribution in [0.2, 0.25) is 0 Å². The number of amides is 1. The van der Waals surface area contributed by atoms with Gasteiger partial charge in [-0.05, 0) is 17.7 Å². The summed E-state index contributed by atoms with van der Waals surface area (Å²) in [4.78, 5) is 10.4. The summed E-state index contributed by atoms with van der Waals surface area (Å²) in [6, 6.07) is 3.47. The third-order valence-electron chi connectivity index (χ3n) is 2.25. The Morgan fingerprint density at radius 1 is 1.44 bits per heavy atom. The van der Waals surface area contributed by atoms with Crippen molar-refractivity contribution in [3.63, 3.8) is 0 Å². The number of halogens is 1. The van der Waals surface area contributed by atoms with Crippen molar-refractivity contribution in [2.45, 2.75) is 6.54 Å². The molecule has 0 aliphatic heterocycles. The van der Waals surface area contributed by atoms with Gasteiger partial charge in [0.25, 0.3) is 0 Å². The topological polar surface area (TPSA) is 84.9 Å². The maximum Gasteiger partial charge on any atom is 0.404 e. The van der Waals surface area contributed by atoms with Crippen molar-refractivity contribution in [3.05, 3.63) is 29.6 Å². The molecule has 0 fully saturated rings. The Bertz CT molecular complexity index is 485. The molecule has 2 N–H and O–H groups in total. The summed E-state index contributed by atoms with van der Waals surface area (Å²) in [5.74, 6) is -0.613. The van der Waals surface area contributed by atoms with E-state index in [2.05, 4.69) is 5.32 Å². The van der Waals surface area contributed by atoms with Gasteiger partial charge in [0.1, 0.15) is 5.82 Å².